The third kappa shape index (κ3) is 4.41. The summed E-state index contributed by atoms with van der Waals surface area (Å²) in [5.41, 5.74) is 2.41. The zero-order chi connectivity index (χ0) is 19.2. The quantitative estimate of drug-likeness (QED) is 0.624. The molecule has 0 aliphatic carbocycles. The lowest BCUT2D eigenvalue weighted by Crippen LogP contribution is -2.34. The van der Waals surface area contributed by atoms with Crippen molar-refractivity contribution in [2.24, 2.45) is 0 Å². The Morgan fingerprint density at radius 3 is 2.22 bits per heavy atom. The molecule has 2 aromatic carbocycles. The number of rotatable bonds is 6. The minimum Gasteiger partial charge on any atom is -0.452 e. The summed E-state index contributed by atoms with van der Waals surface area (Å²) in [5, 5.41) is 3.73. The van der Waals surface area contributed by atoms with E-state index in [0.29, 0.717) is 18.0 Å². The van der Waals surface area contributed by atoms with Crippen LogP contribution in [0.4, 0.5) is 5.69 Å². The average Bonchev–Trinajstić information content (AvgIpc) is 3.04. The van der Waals surface area contributed by atoms with E-state index in [1.165, 1.54) is 0 Å². The fourth-order valence-electron chi connectivity index (χ4n) is 2.75. The van der Waals surface area contributed by atoms with Crippen LogP contribution in [-0.2, 0) is 16.1 Å². The monoisotopic (exact) mass is 364 g/mol. The number of aromatic nitrogens is 1. The fourth-order valence-corrected chi connectivity index (χ4v) is 2.75. The molecule has 0 saturated carbocycles. The predicted octanol–water partition coefficient (Wildman–Crippen LogP) is 3.68. The van der Waals surface area contributed by atoms with E-state index in [1.807, 2.05) is 60.7 Å². The molecule has 0 radical (unpaired) electrons. The molecular weight excluding hydrogens is 344 g/mol. The Hall–Kier alpha value is -3.41. The third-order valence-electron chi connectivity index (χ3n) is 4.12. The van der Waals surface area contributed by atoms with Crippen LogP contribution in [0.2, 0.25) is 0 Å². The predicted molar refractivity (Wildman–Crippen MR) is 100 cm³/mol. The molecule has 0 unspecified atom stereocenters. The van der Waals surface area contributed by atoms with Crippen LogP contribution in [0.25, 0.3) is 0 Å². The van der Waals surface area contributed by atoms with E-state index in [-0.39, 0.29) is 18.1 Å². The lowest BCUT2D eigenvalue weighted by molar-refractivity contribution is -0.121. The molecule has 0 atom stereocenters. The normalized spacial score (nSPS) is 10.4. The van der Waals surface area contributed by atoms with E-state index in [2.05, 4.69) is 5.16 Å². The molecule has 27 heavy (non-hydrogen) atoms. The molecule has 6 heteroatoms. The molecule has 0 bridgehead atoms. The molecule has 0 saturated heterocycles. The minimum atomic E-state index is -0.618. The fraction of sp³-hybridized carbons (Fsp3) is 0.190. The lowest BCUT2D eigenvalue weighted by atomic mass is 10.2. The molecule has 3 aromatic rings. The van der Waals surface area contributed by atoms with Gasteiger partial charge < -0.3 is 14.2 Å². The number of benzene rings is 2. The van der Waals surface area contributed by atoms with Crippen molar-refractivity contribution in [3.63, 3.8) is 0 Å². The van der Waals surface area contributed by atoms with Crippen LogP contribution in [0.5, 0.6) is 0 Å². The summed E-state index contributed by atoms with van der Waals surface area (Å²) in [5.74, 6) is -0.563. The highest BCUT2D eigenvalue weighted by atomic mass is 16.5. The molecule has 138 valence electrons. The van der Waals surface area contributed by atoms with Crippen molar-refractivity contribution >= 4 is 17.6 Å². The number of esters is 1. The second-order valence-corrected chi connectivity index (χ2v) is 6.08. The summed E-state index contributed by atoms with van der Waals surface area (Å²) >= 11 is 0. The first-order valence-corrected chi connectivity index (χ1v) is 8.55. The smallest absolute Gasteiger partial charge is 0.344 e. The van der Waals surface area contributed by atoms with Crippen LogP contribution >= 0.6 is 0 Å². The van der Waals surface area contributed by atoms with Crippen molar-refractivity contribution in [2.45, 2.75) is 20.4 Å². The van der Waals surface area contributed by atoms with Gasteiger partial charge in [0.15, 0.2) is 6.61 Å². The van der Waals surface area contributed by atoms with Gasteiger partial charge in [-0.2, -0.15) is 0 Å². The first kappa shape index (κ1) is 18.4. The highest BCUT2D eigenvalue weighted by molar-refractivity contribution is 5.97. The van der Waals surface area contributed by atoms with Crippen molar-refractivity contribution < 1.29 is 18.8 Å². The van der Waals surface area contributed by atoms with Gasteiger partial charge in [0.2, 0.25) is 0 Å². The topological polar surface area (TPSA) is 72.6 Å². The maximum atomic E-state index is 12.8. The van der Waals surface area contributed by atoms with Crippen LogP contribution in [0.3, 0.4) is 0 Å². The number of carbonyl (C=O) groups excluding carboxylic acids is 2. The number of nitrogens with zero attached hydrogens (tertiary/aromatic N) is 2. The molecule has 0 spiro atoms. The van der Waals surface area contributed by atoms with E-state index in [1.54, 1.807) is 18.7 Å². The van der Waals surface area contributed by atoms with Crippen LogP contribution in [0, 0.1) is 13.8 Å². The van der Waals surface area contributed by atoms with E-state index in [0.717, 1.165) is 11.3 Å². The van der Waals surface area contributed by atoms with Gasteiger partial charge in [0.25, 0.3) is 5.91 Å². The van der Waals surface area contributed by atoms with Crippen molar-refractivity contribution in [1.29, 1.82) is 0 Å². The number of hydrogen-bond acceptors (Lipinski definition) is 5. The number of anilines is 1. The molecule has 0 fully saturated rings. The molecule has 1 amide bonds. The van der Waals surface area contributed by atoms with E-state index in [9.17, 15) is 9.59 Å². The van der Waals surface area contributed by atoms with E-state index < -0.39 is 5.97 Å². The highest BCUT2D eigenvalue weighted by Gasteiger charge is 2.22. The number of hydrogen-bond donors (Lipinski definition) is 0. The minimum absolute atomic E-state index is 0.261. The molecule has 6 nitrogen and oxygen atoms in total. The molecule has 1 aromatic heterocycles. The van der Waals surface area contributed by atoms with Crippen molar-refractivity contribution in [3.05, 3.63) is 83.2 Å². The van der Waals surface area contributed by atoms with Gasteiger partial charge >= 0.3 is 5.97 Å². The summed E-state index contributed by atoms with van der Waals surface area (Å²) in [6.07, 6.45) is 0. The Morgan fingerprint density at radius 1 is 1.00 bits per heavy atom. The van der Waals surface area contributed by atoms with Crippen molar-refractivity contribution in [2.75, 3.05) is 11.5 Å². The zero-order valence-corrected chi connectivity index (χ0v) is 15.2. The first-order valence-electron chi connectivity index (χ1n) is 8.55. The van der Waals surface area contributed by atoms with Gasteiger partial charge in [-0.3, -0.25) is 4.79 Å². The molecular formula is C21H20N2O4. The second-order valence-electron chi connectivity index (χ2n) is 6.08. The van der Waals surface area contributed by atoms with Crippen LogP contribution in [-0.4, -0.2) is 23.6 Å². The van der Waals surface area contributed by atoms with Gasteiger partial charge in [0, 0.05) is 5.69 Å². The zero-order valence-electron chi connectivity index (χ0n) is 15.2. The van der Waals surface area contributed by atoms with Gasteiger partial charge in [-0.25, -0.2) is 4.79 Å². The molecule has 0 aliphatic rings. The van der Waals surface area contributed by atoms with Gasteiger partial charge in [-0.05, 0) is 31.5 Å². The van der Waals surface area contributed by atoms with Crippen LogP contribution in [0.1, 0.15) is 27.4 Å². The van der Waals surface area contributed by atoms with Crippen molar-refractivity contribution in [1.82, 2.24) is 5.16 Å². The first-order chi connectivity index (χ1) is 13.1. The summed E-state index contributed by atoms with van der Waals surface area (Å²) in [6, 6.07) is 18.9. The summed E-state index contributed by atoms with van der Waals surface area (Å²) in [4.78, 5) is 26.7. The third-order valence-corrected chi connectivity index (χ3v) is 4.12. The Balaban J connectivity index is 1.74. The Kier molecular flexibility index (Phi) is 5.66. The SMILES string of the molecule is Cc1noc(C)c1C(=O)OCC(=O)N(Cc1ccccc1)c1ccccc1. The number of aryl methyl sites for hydroxylation is 2. The number of ether oxygens (including phenoxy) is 1. The van der Waals surface area contributed by atoms with E-state index >= 15 is 0 Å². The molecule has 1 heterocycles. The van der Waals surface area contributed by atoms with Crippen molar-refractivity contribution in [3.8, 4) is 0 Å². The standard InChI is InChI=1S/C21H20N2O4/c1-15-20(16(2)27-22-15)21(25)26-14-19(24)23(18-11-7-4-8-12-18)13-17-9-5-3-6-10-17/h3-12H,13-14H2,1-2H3. The lowest BCUT2D eigenvalue weighted by Gasteiger charge is -2.23. The number of carbonyl (C=O) groups is 2. The summed E-state index contributed by atoms with van der Waals surface area (Å²) < 4.78 is 10.2. The van der Waals surface area contributed by atoms with Crippen LogP contribution < -0.4 is 4.90 Å². The number of para-hydroxylation sites is 1. The highest BCUT2D eigenvalue weighted by Crippen LogP contribution is 2.18. The molecule has 3 rings (SSSR count). The Morgan fingerprint density at radius 2 is 1.63 bits per heavy atom. The summed E-state index contributed by atoms with van der Waals surface area (Å²) in [7, 11) is 0. The second kappa shape index (κ2) is 8.31. The van der Waals surface area contributed by atoms with Gasteiger partial charge in [-0.1, -0.05) is 53.7 Å². The largest absolute Gasteiger partial charge is 0.452 e. The molecule has 0 N–H and O–H groups in total. The average molecular weight is 364 g/mol. The van der Waals surface area contributed by atoms with Gasteiger partial charge in [-0.15, -0.1) is 0 Å². The Labute approximate surface area is 157 Å². The van der Waals surface area contributed by atoms with E-state index in [4.69, 9.17) is 9.26 Å². The maximum Gasteiger partial charge on any atom is 0.344 e. The molecule has 0 aliphatic heterocycles. The summed E-state index contributed by atoms with van der Waals surface area (Å²) in [6.45, 7) is 3.29. The van der Waals surface area contributed by atoms with Gasteiger partial charge in [0.1, 0.15) is 11.3 Å². The Bertz CT molecular complexity index is 900. The van der Waals surface area contributed by atoms with Crippen LogP contribution in [0.15, 0.2) is 65.2 Å². The number of amides is 1. The maximum absolute atomic E-state index is 12.8. The van der Waals surface area contributed by atoms with Gasteiger partial charge in [0.05, 0.1) is 12.2 Å².